The van der Waals surface area contributed by atoms with Crippen molar-refractivity contribution >= 4 is 5.97 Å². The van der Waals surface area contributed by atoms with Crippen molar-refractivity contribution in [2.24, 2.45) is 7.05 Å². The van der Waals surface area contributed by atoms with Crippen LogP contribution in [0.25, 0.3) is 0 Å². The molecule has 0 atom stereocenters. The molecular formula is C9H10N4O2. The third-order valence-corrected chi connectivity index (χ3v) is 2.17. The van der Waals surface area contributed by atoms with Gasteiger partial charge in [0.25, 0.3) is 0 Å². The van der Waals surface area contributed by atoms with Gasteiger partial charge in [0, 0.05) is 13.2 Å². The van der Waals surface area contributed by atoms with Crippen LogP contribution in [0, 0.1) is 0 Å². The highest BCUT2D eigenvalue weighted by atomic mass is 16.4. The Morgan fingerprint density at radius 1 is 1.60 bits per heavy atom. The molecule has 2 aromatic rings. The zero-order chi connectivity index (χ0) is 10.8. The Labute approximate surface area is 85.8 Å². The molecule has 0 bridgehead atoms. The van der Waals surface area contributed by atoms with Crippen molar-refractivity contribution in [3.05, 3.63) is 36.2 Å². The zero-order valence-corrected chi connectivity index (χ0v) is 8.16. The first-order valence-electron chi connectivity index (χ1n) is 4.40. The number of rotatable bonds is 3. The van der Waals surface area contributed by atoms with E-state index in [9.17, 15) is 4.79 Å². The van der Waals surface area contributed by atoms with Gasteiger partial charge in [-0.3, -0.25) is 0 Å². The molecule has 0 fully saturated rings. The largest absolute Gasteiger partial charge is 0.477 e. The van der Waals surface area contributed by atoms with E-state index < -0.39 is 5.97 Å². The maximum Gasteiger partial charge on any atom is 0.352 e. The Hall–Kier alpha value is -2.11. The highest BCUT2D eigenvalue weighted by Gasteiger charge is 2.10. The van der Waals surface area contributed by atoms with Gasteiger partial charge in [-0.15, -0.1) is 10.2 Å². The molecule has 15 heavy (non-hydrogen) atoms. The fraction of sp³-hybridized carbons (Fsp3) is 0.222. The van der Waals surface area contributed by atoms with E-state index >= 15 is 0 Å². The number of aromatic nitrogens is 4. The highest BCUT2D eigenvalue weighted by molar-refractivity contribution is 5.85. The van der Waals surface area contributed by atoms with Gasteiger partial charge >= 0.3 is 5.97 Å². The van der Waals surface area contributed by atoms with Gasteiger partial charge in [0.15, 0.2) is 5.82 Å². The van der Waals surface area contributed by atoms with Crippen LogP contribution in [-0.2, 0) is 13.6 Å². The third-order valence-electron chi connectivity index (χ3n) is 2.17. The number of aryl methyl sites for hydroxylation is 1. The van der Waals surface area contributed by atoms with Crippen molar-refractivity contribution in [3.63, 3.8) is 0 Å². The molecule has 2 heterocycles. The lowest BCUT2D eigenvalue weighted by Crippen LogP contribution is -2.11. The molecule has 0 spiro atoms. The molecule has 6 heteroatoms. The summed E-state index contributed by atoms with van der Waals surface area (Å²) in [5, 5.41) is 16.5. The second-order valence-corrected chi connectivity index (χ2v) is 3.18. The Morgan fingerprint density at radius 2 is 2.40 bits per heavy atom. The Bertz CT molecular complexity index is 486. The van der Waals surface area contributed by atoms with E-state index in [1.807, 2.05) is 7.05 Å². The van der Waals surface area contributed by atoms with Crippen molar-refractivity contribution < 1.29 is 9.90 Å². The molecule has 0 radical (unpaired) electrons. The summed E-state index contributed by atoms with van der Waals surface area (Å²) in [6.45, 7) is 0.408. The molecule has 0 aliphatic carbocycles. The summed E-state index contributed by atoms with van der Waals surface area (Å²) in [5.74, 6) is -0.226. The number of carboxylic acid groups (broad SMARTS) is 1. The van der Waals surface area contributed by atoms with E-state index in [0.717, 1.165) is 0 Å². The molecular weight excluding hydrogens is 196 g/mol. The summed E-state index contributed by atoms with van der Waals surface area (Å²) in [7, 11) is 1.82. The fourth-order valence-electron chi connectivity index (χ4n) is 1.35. The van der Waals surface area contributed by atoms with Gasteiger partial charge in [-0.05, 0) is 12.1 Å². The summed E-state index contributed by atoms with van der Waals surface area (Å²) in [4.78, 5) is 10.8. The minimum atomic E-state index is -0.942. The first-order chi connectivity index (χ1) is 7.18. The normalized spacial score (nSPS) is 10.5. The molecule has 0 unspecified atom stereocenters. The molecule has 0 aliphatic heterocycles. The Kier molecular flexibility index (Phi) is 2.24. The molecule has 0 aromatic carbocycles. The van der Waals surface area contributed by atoms with Crippen LogP contribution in [0.3, 0.4) is 0 Å². The second kappa shape index (κ2) is 3.56. The van der Waals surface area contributed by atoms with Crippen LogP contribution in [0.4, 0.5) is 0 Å². The second-order valence-electron chi connectivity index (χ2n) is 3.18. The monoisotopic (exact) mass is 206 g/mol. The van der Waals surface area contributed by atoms with Gasteiger partial charge in [0.2, 0.25) is 0 Å². The smallest absolute Gasteiger partial charge is 0.352 e. The maximum atomic E-state index is 10.8. The number of carbonyl (C=O) groups is 1. The van der Waals surface area contributed by atoms with Gasteiger partial charge in [-0.2, -0.15) is 0 Å². The van der Waals surface area contributed by atoms with Crippen LogP contribution >= 0.6 is 0 Å². The lowest BCUT2D eigenvalue weighted by Gasteiger charge is -2.04. The molecule has 0 aliphatic rings. The van der Waals surface area contributed by atoms with E-state index in [-0.39, 0.29) is 5.69 Å². The summed E-state index contributed by atoms with van der Waals surface area (Å²) in [5.41, 5.74) is 0.248. The molecule has 2 rings (SSSR count). The van der Waals surface area contributed by atoms with Crippen LogP contribution < -0.4 is 0 Å². The van der Waals surface area contributed by atoms with Crippen LogP contribution in [0.2, 0.25) is 0 Å². The standard InChI is InChI=1S/C9H10N4O2/c1-12-6-10-11-8(12)5-13-4-2-3-7(13)9(14)15/h2-4,6H,5H2,1H3,(H,14,15). The molecule has 0 amide bonds. The number of nitrogens with zero attached hydrogens (tertiary/aromatic N) is 4. The summed E-state index contributed by atoms with van der Waals surface area (Å²) >= 11 is 0. The lowest BCUT2D eigenvalue weighted by molar-refractivity contribution is 0.0685. The lowest BCUT2D eigenvalue weighted by atomic mass is 10.4. The van der Waals surface area contributed by atoms with Crippen molar-refractivity contribution in [2.45, 2.75) is 6.54 Å². The molecule has 2 aromatic heterocycles. The first-order valence-corrected chi connectivity index (χ1v) is 4.40. The van der Waals surface area contributed by atoms with E-state index in [1.165, 1.54) is 0 Å². The van der Waals surface area contributed by atoms with Crippen LogP contribution in [0.15, 0.2) is 24.7 Å². The van der Waals surface area contributed by atoms with E-state index in [0.29, 0.717) is 12.4 Å². The van der Waals surface area contributed by atoms with Crippen molar-refractivity contribution in [2.75, 3.05) is 0 Å². The summed E-state index contributed by atoms with van der Waals surface area (Å²) in [6, 6.07) is 3.25. The molecule has 1 N–H and O–H groups in total. The molecule has 6 nitrogen and oxygen atoms in total. The van der Waals surface area contributed by atoms with E-state index in [1.54, 1.807) is 33.8 Å². The quantitative estimate of drug-likeness (QED) is 0.787. The van der Waals surface area contributed by atoms with Gasteiger partial charge < -0.3 is 14.2 Å². The predicted molar refractivity (Wildman–Crippen MR) is 51.5 cm³/mol. The van der Waals surface area contributed by atoms with Gasteiger partial charge in [0.1, 0.15) is 12.0 Å². The van der Waals surface area contributed by atoms with Crippen molar-refractivity contribution in [3.8, 4) is 0 Å². The fourth-order valence-corrected chi connectivity index (χ4v) is 1.35. The van der Waals surface area contributed by atoms with Crippen molar-refractivity contribution in [1.82, 2.24) is 19.3 Å². The summed E-state index contributed by atoms with van der Waals surface area (Å²) in [6.07, 6.45) is 3.29. The topological polar surface area (TPSA) is 72.9 Å². The molecule has 0 saturated heterocycles. The van der Waals surface area contributed by atoms with Crippen LogP contribution in [0.5, 0.6) is 0 Å². The number of aromatic carboxylic acids is 1. The number of hydrogen-bond donors (Lipinski definition) is 1. The third kappa shape index (κ3) is 1.74. The minimum absolute atomic E-state index is 0.248. The number of hydrogen-bond acceptors (Lipinski definition) is 3. The molecule has 78 valence electrons. The summed E-state index contributed by atoms with van der Waals surface area (Å²) < 4.78 is 3.37. The Balaban J connectivity index is 2.28. The Morgan fingerprint density at radius 3 is 3.00 bits per heavy atom. The van der Waals surface area contributed by atoms with E-state index in [2.05, 4.69) is 10.2 Å². The highest BCUT2D eigenvalue weighted by Crippen LogP contribution is 2.05. The predicted octanol–water partition coefficient (Wildman–Crippen LogP) is 0.363. The molecule has 0 saturated carbocycles. The van der Waals surface area contributed by atoms with Crippen LogP contribution in [0.1, 0.15) is 16.3 Å². The first kappa shape index (κ1) is 9.45. The van der Waals surface area contributed by atoms with E-state index in [4.69, 9.17) is 5.11 Å². The maximum absolute atomic E-state index is 10.8. The minimum Gasteiger partial charge on any atom is -0.477 e. The van der Waals surface area contributed by atoms with Crippen LogP contribution in [-0.4, -0.2) is 30.4 Å². The number of carboxylic acids is 1. The SMILES string of the molecule is Cn1cnnc1Cn1cccc1C(=O)O. The average molecular weight is 206 g/mol. The van der Waals surface area contributed by atoms with Crippen molar-refractivity contribution in [1.29, 1.82) is 0 Å². The van der Waals surface area contributed by atoms with Gasteiger partial charge in [0.05, 0.1) is 6.54 Å². The van der Waals surface area contributed by atoms with Gasteiger partial charge in [-0.25, -0.2) is 4.79 Å². The average Bonchev–Trinajstić information content (AvgIpc) is 2.77. The zero-order valence-electron chi connectivity index (χ0n) is 8.16. The van der Waals surface area contributed by atoms with Gasteiger partial charge in [-0.1, -0.05) is 0 Å².